The fourth-order valence-corrected chi connectivity index (χ4v) is 5.97. The molecule has 1 saturated carbocycles. The van der Waals surface area contributed by atoms with Crippen molar-refractivity contribution in [2.24, 2.45) is 0 Å². The first-order chi connectivity index (χ1) is 21.4. The molecular formula is C35H36N4O5. The monoisotopic (exact) mass is 592 g/mol. The summed E-state index contributed by atoms with van der Waals surface area (Å²) in [6.07, 6.45) is 4.59. The van der Waals surface area contributed by atoms with Crippen molar-refractivity contribution in [3.05, 3.63) is 106 Å². The van der Waals surface area contributed by atoms with Gasteiger partial charge in [0.25, 0.3) is 5.56 Å². The Morgan fingerprint density at radius 3 is 2.36 bits per heavy atom. The van der Waals surface area contributed by atoms with Crippen LogP contribution in [0.2, 0.25) is 0 Å². The number of benzene rings is 3. The first kappa shape index (κ1) is 29.3. The van der Waals surface area contributed by atoms with Crippen molar-refractivity contribution in [3.8, 4) is 40.0 Å². The molecule has 2 aromatic heterocycles. The number of hydrogen-bond acceptors (Lipinski definition) is 8. The quantitative estimate of drug-likeness (QED) is 0.208. The van der Waals surface area contributed by atoms with Gasteiger partial charge in [0.15, 0.2) is 0 Å². The molecule has 2 N–H and O–H groups in total. The Bertz CT molecular complexity index is 1790. The van der Waals surface area contributed by atoms with E-state index in [1.807, 2.05) is 79.7 Å². The number of rotatable bonds is 9. The van der Waals surface area contributed by atoms with Gasteiger partial charge in [-0.1, -0.05) is 73.5 Å². The SMILES string of the molecule is CCCc1nc(C)n(-c2ccc(OC3CCCC[C@@H]3O)cc2)c(=O)c1Cc1ccc(-c2ccccc2-c2noc(O)n2)cc1. The summed E-state index contributed by atoms with van der Waals surface area (Å²) in [6, 6.07) is 23.2. The summed E-state index contributed by atoms with van der Waals surface area (Å²) in [5.41, 5.74) is 5.73. The lowest BCUT2D eigenvalue weighted by atomic mass is 9.95. The predicted octanol–water partition coefficient (Wildman–Crippen LogP) is 6.19. The predicted molar refractivity (Wildman–Crippen MR) is 167 cm³/mol. The molecule has 1 fully saturated rings. The molecule has 1 unspecified atom stereocenters. The normalized spacial score (nSPS) is 16.6. The summed E-state index contributed by atoms with van der Waals surface area (Å²) < 4.78 is 12.5. The second-order valence-corrected chi connectivity index (χ2v) is 11.3. The molecule has 3 aromatic carbocycles. The van der Waals surface area contributed by atoms with E-state index in [4.69, 9.17) is 14.2 Å². The molecule has 0 spiro atoms. The number of ether oxygens (including phenoxy) is 1. The van der Waals surface area contributed by atoms with Gasteiger partial charge in [0.05, 0.1) is 17.5 Å². The van der Waals surface area contributed by atoms with Gasteiger partial charge in [-0.2, -0.15) is 4.98 Å². The van der Waals surface area contributed by atoms with Crippen molar-refractivity contribution in [2.45, 2.75) is 71.0 Å². The Morgan fingerprint density at radius 2 is 1.68 bits per heavy atom. The van der Waals surface area contributed by atoms with E-state index in [0.717, 1.165) is 65.7 Å². The van der Waals surface area contributed by atoms with E-state index in [0.29, 0.717) is 35.8 Å². The van der Waals surface area contributed by atoms with Gasteiger partial charge in [-0.15, -0.1) is 0 Å². The standard InChI is InChI=1S/C35H36N4O5/c1-3-8-30-29(21-23-13-15-24(16-14-23)27-9-4-5-10-28(27)33-37-35(42)44-38-33)34(41)39(22(2)36-30)25-17-19-26(20-18-25)43-32-12-7-6-11-31(32)40/h4-5,9-10,13-20,31-32,40H,3,6-8,11-12,21H2,1-2H3,(H,37,38,42)/t31-,32?/m0/s1. The molecule has 1 aliphatic rings. The Hall–Kier alpha value is -4.76. The number of aryl methyl sites for hydroxylation is 2. The van der Waals surface area contributed by atoms with Gasteiger partial charge in [-0.25, -0.2) is 4.98 Å². The molecule has 2 atom stereocenters. The van der Waals surface area contributed by atoms with E-state index in [1.54, 1.807) is 4.57 Å². The van der Waals surface area contributed by atoms with E-state index >= 15 is 0 Å². The third-order valence-corrected chi connectivity index (χ3v) is 8.20. The van der Waals surface area contributed by atoms with E-state index in [9.17, 15) is 15.0 Å². The van der Waals surface area contributed by atoms with Gasteiger partial charge in [0, 0.05) is 17.5 Å². The van der Waals surface area contributed by atoms with Gasteiger partial charge in [0.1, 0.15) is 17.7 Å². The van der Waals surface area contributed by atoms with E-state index in [-0.39, 0.29) is 11.7 Å². The molecule has 9 heteroatoms. The second kappa shape index (κ2) is 12.9. The van der Waals surface area contributed by atoms with Crippen molar-refractivity contribution in [3.63, 3.8) is 0 Å². The van der Waals surface area contributed by atoms with E-state index in [2.05, 4.69) is 17.1 Å². The van der Waals surface area contributed by atoms with Crippen LogP contribution in [-0.2, 0) is 12.8 Å². The number of aliphatic hydroxyl groups excluding tert-OH is 1. The van der Waals surface area contributed by atoms with Crippen LogP contribution in [0.1, 0.15) is 61.7 Å². The number of aromatic nitrogens is 4. The lowest BCUT2D eigenvalue weighted by Crippen LogP contribution is -2.34. The fraction of sp³-hybridized carbons (Fsp3) is 0.314. The van der Waals surface area contributed by atoms with Gasteiger partial charge < -0.3 is 14.9 Å². The molecule has 0 amide bonds. The topological polar surface area (TPSA) is 124 Å². The molecule has 1 aliphatic carbocycles. The molecule has 44 heavy (non-hydrogen) atoms. The molecule has 5 aromatic rings. The van der Waals surface area contributed by atoms with Crippen molar-refractivity contribution in [1.82, 2.24) is 19.7 Å². The summed E-state index contributed by atoms with van der Waals surface area (Å²) in [7, 11) is 0. The first-order valence-electron chi connectivity index (χ1n) is 15.2. The maximum absolute atomic E-state index is 14.0. The average Bonchev–Trinajstić information content (AvgIpc) is 3.47. The molecule has 9 nitrogen and oxygen atoms in total. The highest BCUT2D eigenvalue weighted by Gasteiger charge is 2.25. The number of aromatic hydroxyl groups is 1. The van der Waals surface area contributed by atoms with Crippen LogP contribution in [0, 0.1) is 6.92 Å². The summed E-state index contributed by atoms with van der Waals surface area (Å²) in [5, 5.41) is 23.7. The van der Waals surface area contributed by atoms with Crippen LogP contribution in [0.5, 0.6) is 11.8 Å². The lowest BCUT2D eigenvalue weighted by molar-refractivity contribution is 0.00688. The van der Waals surface area contributed by atoms with E-state index < -0.39 is 12.2 Å². The summed E-state index contributed by atoms with van der Waals surface area (Å²) in [4.78, 5) is 22.9. The van der Waals surface area contributed by atoms with Gasteiger partial charge in [-0.3, -0.25) is 13.9 Å². The number of aliphatic hydroxyl groups is 1. The van der Waals surface area contributed by atoms with Gasteiger partial charge >= 0.3 is 6.08 Å². The molecule has 0 saturated heterocycles. The summed E-state index contributed by atoms with van der Waals surface area (Å²) >= 11 is 0. The minimum Gasteiger partial charge on any atom is -0.488 e. The number of nitrogens with zero attached hydrogens (tertiary/aromatic N) is 4. The molecule has 0 bridgehead atoms. The minimum atomic E-state index is -0.478. The van der Waals surface area contributed by atoms with Crippen molar-refractivity contribution in [2.75, 3.05) is 0 Å². The smallest absolute Gasteiger partial charge is 0.415 e. The maximum Gasteiger partial charge on any atom is 0.415 e. The zero-order valence-corrected chi connectivity index (χ0v) is 24.9. The van der Waals surface area contributed by atoms with Crippen LogP contribution >= 0.6 is 0 Å². The Labute approximate surface area is 255 Å². The molecule has 0 aliphatic heterocycles. The Balaban J connectivity index is 1.28. The highest BCUT2D eigenvalue weighted by atomic mass is 16.6. The van der Waals surface area contributed by atoms with Gasteiger partial charge in [-0.05, 0) is 73.6 Å². The second-order valence-electron chi connectivity index (χ2n) is 11.3. The summed E-state index contributed by atoms with van der Waals surface area (Å²) in [6.45, 7) is 3.95. The molecule has 226 valence electrons. The molecular weight excluding hydrogens is 556 g/mol. The fourth-order valence-electron chi connectivity index (χ4n) is 5.97. The maximum atomic E-state index is 14.0. The third-order valence-electron chi connectivity index (χ3n) is 8.20. The van der Waals surface area contributed by atoms with Crippen molar-refractivity contribution in [1.29, 1.82) is 0 Å². The van der Waals surface area contributed by atoms with Crippen LogP contribution < -0.4 is 10.3 Å². The number of hydrogen-bond donors (Lipinski definition) is 2. The highest BCUT2D eigenvalue weighted by Crippen LogP contribution is 2.31. The molecule has 0 radical (unpaired) electrons. The first-order valence-corrected chi connectivity index (χ1v) is 15.2. The van der Waals surface area contributed by atoms with Crippen LogP contribution in [0.25, 0.3) is 28.2 Å². The largest absolute Gasteiger partial charge is 0.488 e. The zero-order chi connectivity index (χ0) is 30.6. The highest BCUT2D eigenvalue weighted by molar-refractivity contribution is 5.80. The Kier molecular flexibility index (Phi) is 8.56. The lowest BCUT2D eigenvalue weighted by Gasteiger charge is -2.28. The van der Waals surface area contributed by atoms with Gasteiger partial charge in [0.2, 0.25) is 5.82 Å². The van der Waals surface area contributed by atoms with Crippen molar-refractivity contribution < 1.29 is 19.5 Å². The van der Waals surface area contributed by atoms with Crippen LogP contribution in [-0.4, -0.2) is 42.1 Å². The molecule has 2 heterocycles. The minimum absolute atomic E-state index is 0.0799. The molecule has 6 rings (SSSR count). The third kappa shape index (κ3) is 6.14. The zero-order valence-electron chi connectivity index (χ0n) is 24.9. The van der Waals surface area contributed by atoms with Crippen LogP contribution in [0.4, 0.5) is 0 Å². The van der Waals surface area contributed by atoms with Crippen LogP contribution in [0.3, 0.4) is 0 Å². The average molecular weight is 593 g/mol. The van der Waals surface area contributed by atoms with Crippen LogP contribution in [0.15, 0.2) is 82.1 Å². The van der Waals surface area contributed by atoms with Crippen molar-refractivity contribution >= 4 is 0 Å². The Morgan fingerprint density at radius 1 is 0.955 bits per heavy atom. The summed E-state index contributed by atoms with van der Waals surface area (Å²) in [5.74, 6) is 1.63. The van der Waals surface area contributed by atoms with E-state index in [1.165, 1.54) is 0 Å².